The fourth-order valence-corrected chi connectivity index (χ4v) is 5.13. The Balaban J connectivity index is 1.90. The van der Waals surface area contributed by atoms with Gasteiger partial charge in [0.1, 0.15) is 5.75 Å². The first-order valence-corrected chi connectivity index (χ1v) is 11.2. The highest BCUT2D eigenvalue weighted by Gasteiger charge is 2.42. The Morgan fingerprint density at radius 3 is 2.58 bits per heavy atom. The molecule has 3 aromatic rings. The molecule has 1 N–H and O–H groups in total. The maximum absolute atomic E-state index is 11.4. The first-order valence-electron chi connectivity index (χ1n) is 10.8. The SMILES string of the molecule is COc1ccc([N+](=O)[O-])cc1-n1c(C)cc([C@@H]2[C@H](c3ccccn3)NC(=S)N2C(C)C)c1C. The second-order valence-electron chi connectivity index (χ2n) is 8.40. The highest BCUT2D eigenvalue weighted by atomic mass is 32.1. The Morgan fingerprint density at radius 1 is 1.21 bits per heavy atom. The van der Waals surface area contributed by atoms with Crippen LogP contribution >= 0.6 is 12.2 Å². The predicted molar refractivity (Wildman–Crippen MR) is 131 cm³/mol. The summed E-state index contributed by atoms with van der Waals surface area (Å²) in [5.41, 5.74) is 4.55. The van der Waals surface area contributed by atoms with E-state index in [1.54, 1.807) is 25.4 Å². The number of methoxy groups -OCH3 is 1. The zero-order chi connectivity index (χ0) is 23.9. The Hall–Kier alpha value is -3.46. The van der Waals surface area contributed by atoms with Crippen molar-refractivity contribution in [1.82, 2.24) is 19.8 Å². The van der Waals surface area contributed by atoms with Crippen molar-refractivity contribution in [2.45, 2.75) is 45.8 Å². The van der Waals surface area contributed by atoms with Gasteiger partial charge in [0.05, 0.1) is 35.5 Å². The molecule has 2 atom stereocenters. The number of nitrogens with one attached hydrogen (secondary N) is 1. The smallest absolute Gasteiger partial charge is 0.271 e. The number of hydrogen-bond donors (Lipinski definition) is 1. The summed E-state index contributed by atoms with van der Waals surface area (Å²) >= 11 is 5.72. The third-order valence-corrected chi connectivity index (χ3v) is 6.42. The third-order valence-electron chi connectivity index (χ3n) is 6.09. The van der Waals surface area contributed by atoms with Gasteiger partial charge >= 0.3 is 0 Å². The van der Waals surface area contributed by atoms with Gasteiger partial charge in [0.25, 0.3) is 5.69 Å². The molecule has 3 heterocycles. The van der Waals surface area contributed by atoms with Crippen LogP contribution in [0.4, 0.5) is 5.69 Å². The summed E-state index contributed by atoms with van der Waals surface area (Å²) < 4.78 is 7.56. The molecular formula is C24H27N5O3S. The van der Waals surface area contributed by atoms with Gasteiger partial charge < -0.3 is 19.5 Å². The normalized spacial score (nSPS) is 18.0. The Labute approximate surface area is 198 Å². The summed E-state index contributed by atoms with van der Waals surface area (Å²) in [4.78, 5) is 17.8. The molecule has 0 bridgehead atoms. The molecule has 1 aliphatic rings. The van der Waals surface area contributed by atoms with Crippen molar-refractivity contribution in [3.8, 4) is 11.4 Å². The molecule has 1 fully saturated rings. The van der Waals surface area contributed by atoms with Gasteiger partial charge in [0, 0.05) is 35.8 Å². The van der Waals surface area contributed by atoms with Crippen molar-refractivity contribution in [2.75, 3.05) is 7.11 Å². The van der Waals surface area contributed by atoms with Gasteiger partial charge in [-0.2, -0.15) is 0 Å². The second kappa shape index (κ2) is 8.82. The van der Waals surface area contributed by atoms with E-state index in [1.165, 1.54) is 6.07 Å². The van der Waals surface area contributed by atoms with Crippen LogP contribution in [0.3, 0.4) is 0 Å². The van der Waals surface area contributed by atoms with Crippen LogP contribution in [-0.4, -0.2) is 37.6 Å². The molecule has 2 aromatic heterocycles. The first-order chi connectivity index (χ1) is 15.7. The van der Waals surface area contributed by atoms with Gasteiger partial charge in [-0.05, 0) is 69.7 Å². The average molecular weight is 466 g/mol. The van der Waals surface area contributed by atoms with E-state index in [9.17, 15) is 10.1 Å². The molecule has 172 valence electrons. The molecule has 0 amide bonds. The van der Waals surface area contributed by atoms with Crippen molar-refractivity contribution in [1.29, 1.82) is 0 Å². The predicted octanol–water partition coefficient (Wildman–Crippen LogP) is 4.79. The van der Waals surface area contributed by atoms with Crippen LogP contribution < -0.4 is 10.1 Å². The van der Waals surface area contributed by atoms with Gasteiger partial charge in [0.2, 0.25) is 0 Å². The minimum absolute atomic E-state index is 0.0127. The molecule has 33 heavy (non-hydrogen) atoms. The summed E-state index contributed by atoms with van der Waals surface area (Å²) in [5, 5.41) is 15.6. The van der Waals surface area contributed by atoms with E-state index in [2.05, 4.69) is 35.1 Å². The van der Waals surface area contributed by atoms with Gasteiger partial charge in [-0.3, -0.25) is 15.1 Å². The lowest BCUT2D eigenvalue weighted by molar-refractivity contribution is -0.384. The lowest BCUT2D eigenvalue weighted by Crippen LogP contribution is -2.35. The number of nitro benzene ring substituents is 1. The molecule has 0 aliphatic carbocycles. The van der Waals surface area contributed by atoms with Crippen molar-refractivity contribution in [3.05, 3.63) is 81.4 Å². The van der Waals surface area contributed by atoms with Gasteiger partial charge in [-0.25, -0.2) is 0 Å². The van der Waals surface area contributed by atoms with Crippen LogP contribution in [-0.2, 0) is 0 Å². The van der Waals surface area contributed by atoms with Crippen LogP contribution in [0.15, 0.2) is 48.7 Å². The summed E-state index contributed by atoms with van der Waals surface area (Å²) in [6, 6.07) is 12.6. The molecule has 0 radical (unpaired) electrons. The molecule has 4 rings (SSSR count). The number of non-ortho nitro benzene ring substituents is 1. The number of aromatic nitrogens is 2. The molecule has 1 aromatic carbocycles. The lowest BCUT2D eigenvalue weighted by atomic mass is 9.96. The van der Waals surface area contributed by atoms with Crippen LogP contribution in [0.5, 0.6) is 5.75 Å². The van der Waals surface area contributed by atoms with E-state index in [4.69, 9.17) is 17.0 Å². The zero-order valence-electron chi connectivity index (χ0n) is 19.3. The van der Waals surface area contributed by atoms with E-state index in [0.717, 1.165) is 22.6 Å². The Bertz CT molecular complexity index is 1210. The van der Waals surface area contributed by atoms with E-state index >= 15 is 0 Å². The number of thiocarbonyl (C=S) groups is 1. The fourth-order valence-electron chi connectivity index (χ4n) is 4.68. The maximum Gasteiger partial charge on any atom is 0.271 e. The van der Waals surface area contributed by atoms with Crippen LogP contribution in [0, 0.1) is 24.0 Å². The number of hydrogen-bond acceptors (Lipinski definition) is 5. The molecular weight excluding hydrogens is 438 g/mol. The van der Waals surface area contributed by atoms with Crippen LogP contribution in [0.1, 0.15) is 48.6 Å². The van der Waals surface area contributed by atoms with E-state index in [0.29, 0.717) is 16.5 Å². The number of aryl methyl sites for hydroxylation is 1. The van der Waals surface area contributed by atoms with Crippen LogP contribution in [0.25, 0.3) is 5.69 Å². The minimum Gasteiger partial charge on any atom is -0.495 e. The van der Waals surface area contributed by atoms with E-state index in [1.807, 2.05) is 36.6 Å². The van der Waals surface area contributed by atoms with E-state index < -0.39 is 4.92 Å². The molecule has 0 saturated carbocycles. The van der Waals surface area contributed by atoms with Gasteiger partial charge in [0.15, 0.2) is 5.11 Å². The minimum atomic E-state index is -0.394. The van der Waals surface area contributed by atoms with Crippen molar-refractivity contribution in [2.24, 2.45) is 0 Å². The van der Waals surface area contributed by atoms with Crippen LogP contribution in [0.2, 0.25) is 0 Å². The quantitative estimate of drug-likeness (QED) is 0.318. The summed E-state index contributed by atoms with van der Waals surface area (Å²) in [6.45, 7) is 8.25. The highest BCUT2D eigenvalue weighted by Crippen LogP contribution is 2.43. The molecule has 0 unspecified atom stereocenters. The van der Waals surface area contributed by atoms with Gasteiger partial charge in [-0.15, -0.1) is 0 Å². The summed E-state index contributed by atoms with van der Waals surface area (Å²) in [6.07, 6.45) is 1.78. The fraction of sp³-hybridized carbons (Fsp3) is 0.333. The Morgan fingerprint density at radius 2 is 1.97 bits per heavy atom. The maximum atomic E-state index is 11.4. The highest BCUT2D eigenvalue weighted by molar-refractivity contribution is 7.80. The first kappa shape index (κ1) is 22.7. The average Bonchev–Trinajstić information content (AvgIpc) is 3.29. The second-order valence-corrected chi connectivity index (χ2v) is 8.79. The monoisotopic (exact) mass is 465 g/mol. The molecule has 1 saturated heterocycles. The zero-order valence-corrected chi connectivity index (χ0v) is 20.1. The van der Waals surface area contributed by atoms with Crippen molar-refractivity contribution < 1.29 is 9.66 Å². The molecule has 8 nitrogen and oxygen atoms in total. The van der Waals surface area contributed by atoms with Crippen molar-refractivity contribution in [3.63, 3.8) is 0 Å². The van der Waals surface area contributed by atoms with Gasteiger partial charge in [-0.1, -0.05) is 6.07 Å². The standard InChI is InChI=1S/C24H27N5O3S/c1-14(2)27-23(22(26-24(27)33)19-8-6-7-11-25-19)18-12-15(3)28(16(18)4)20-13-17(29(30)31)9-10-21(20)32-5/h6-14,22-23H,1-5H3,(H,26,33)/t22-,23+/m0/s1. The topological polar surface area (TPSA) is 85.5 Å². The lowest BCUT2D eigenvalue weighted by Gasteiger charge is -2.31. The third kappa shape index (κ3) is 3.93. The number of nitro groups is 1. The number of benzene rings is 1. The molecule has 1 aliphatic heterocycles. The number of rotatable bonds is 6. The number of pyridine rings is 1. The summed E-state index contributed by atoms with van der Waals surface area (Å²) in [7, 11) is 1.57. The number of ether oxygens (including phenoxy) is 1. The Kier molecular flexibility index (Phi) is 6.07. The molecule has 0 spiro atoms. The number of nitrogens with zero attached hydrogens (tertiary/aromatic N) is 4. The molecule has 9 heteroatoms. The summed E-state index contributed by atoms with van der Waals surface area (Å²) in [5.74, 6) is 0.566. The van der Waals surface area contributed by atoms with Crippen molar-refractivity contribution >= 4 is 23.0 Å². The van der Waals surface area contributed by atoms with E-state index in [-0.39, 0.29) is 23.8 Å². The largest absolute Gasteiger partial charge is 0.495 e.